The number of nitrogens with one attached hydrogen (secondary N) is 1. The van der Waals surface area contributed by atoms with Crippen molar-refractivity contribution in [2.24, 2.45) is 0 Å². The summed E-state index contributed by atoms with van der Waals surface area (Å²) in [6, 6.07) is 0.772. The van der Waals surface area contributed by atoms with Crippen molar-refractivity contribution in [2.45, 2.75) is 43.9 Å². The van der Waals surface area contributed by atoms with Crippen molar-refractivity contribution in [3.05, 3.63) is 0 Å². The minimum Gasteiger partial charge on any atom is -0.384 e. The molecule has 84 valence electrons. The summed E-state index contributed by atoms with van der Waals surface area (Å²) in [5.74, 6) is 1.15. The second-order valence-corrected chi connectivity index (χ2v) is 5.32. The van der Waals surface area contributed by atoms with Crippen LogP contribution in [0.4, 0.5) is 0 Å². The fourth-order valence-corrected chi connectivity index (χ4v) is 3.37. The Morgan fingerprint density at radius 3 is 3.00 bits per heavy atom. The van der Waals surface area contributed by atoms with Gasteiger partial charge in [-0.2, -0.15) is 11.8 Å². The smallest absolute Gasteiger partial charge is 0.0553 e. The average Bonchev–Trinajstić information content (AvgIpc) is 2.19. The number of rotatable bonds is 6. The summed E-state index contributed by atoms with van der Waals surface area (Å²) in [5.41, 5.74) is 0. The van der Waals surface area contributed by atoms with Gasteiger partial charge in [-0.05, 0) is 25.8 Å². The van der Waals surface area contributed by atoms with Crippen molar-refractivity contribution in [2.75, 3.05) is 26.0 Å². The lowest BCUT2D eigenvalue weighted by Crippen LogP contribution is -2.35. The first-order valence-electron chi connectivity index (χ1n) is 5.70. The first-order valence-corrected chi connectivity index (χ1v) is 6.75. The minimum absolute atomic E-state index is 0.772. The van der Waals surface area contributed by atoms with Gasteiger partial charge in [0.25, 0.3) is 0 Å². The van der Waals surface area contributed by atoms with Gasteiger partial charge in [0.1, 0.15) is 0 Å². The predicted octanol–water partition coefficient (Wildman–Crippen LogP) is 2.29. The zero-order valence-electron chi connectivity index (χ0n) is 9.42. The van der Waals surface area contributed by atoms with Crippen LogP contribution in [0.5, 0.6) is 0 Å². The molecule has 1 rings (SSSR count). The molecule has 1 N–H and O–H groups in total. The molecule has 2 atom stereocenters. The van der Waals surface area contributed by atoms with E-state index in [-0.39, 0.29) is 0 Å². The lowest BCUT2D eigenvalue weighted by molar-refractivity contribution is 0.218. The van der Waals surface area contributed by atoms with Crippen LogP contribution < -0.4 is 5.32 Å². The highest BCUT2D eigenvalue weighted by atomic mass is 32.2. The van der Waals surface area contributed by atoms with Crippen LogP contribution in [0.2, 0.25) is 0 Å². The third-order valence-electron chi connectivity index (χ3n) is 2.76. The van der Waals surface area contributed by atoms with Crippen LogP contribution in [-0.4, -0.2) is 37.3 Å². The van der Waals surface area contributed by atoms with Gasteiger partial charge in [0.15, 0.2) is 0 Å². The number of hydrogen-bond donors (Lipinski definition) is 1. The topological polar surface area (TPSA) is 21.3 Å². The van der Waals surface area contributed by atoms with E-state index in [1.165, 1.54) is 25.7 Å². The fraction of sp³-hybridized carbons (Fsp3) is 1.00. The molecular formula is C11H23NOS. The predicted molar refractivity (Wildman–Crippen MR) is 64.1 cm³/mol. The maximum atomic E-state index is 5.07. The number of methoxy groups -OCH3 is 1. The molecule has 1 aliphatic carbocycles. The Bertz CT molecular complexity index is 141. The van der Waals surface area contributed by atoms with Gasteiger partial charge in [0, 0.05) is 24.2 Å². The summed E-state index contributed by atoms with van der Waals surface area (Å²) in [6.45, 7) is 4.20. The van der Waals surface area contributed by atoms with Gasteiger partial charge < -0.3 is 10.1 Å². The van der Waals surface area contributed by atoms with Crippen molar-refractivity contribution in [1.82, 2.24) is 5.32 Å². The number of thioether (sulfide) groups is 1. The first-order chi connectivity index (χ1) is 6.86. The Kier molecular flexibility index (Phi) is 6.65. The molecule has 0 heterocycles. The summed E-state index contributed by atoms with van der Waals surface area (Å²) in [7, 11) is 1.78. The van der Waals surface area contributed by atoms with Crippen LogP contribution in [0, 0.1) is 0 Å². The molecule has 0 aromatic heterocycles. The molecule has 0 aliphatic heterocycles. The maximum absolute atomic E-state index is 5.07. The minimum atomic E-state index is 0.772. The number of ether oxygens (including phenoxy) is 1. The van der Waals surface area contributed by atoms with Crippen molar-refractivity contribution >= 4 is 11.8 Å². The molecular weight excluding hydrogens is 194 g/mol. The normalized spacial score (nSPS) is 27.9. The van der Waals surface area contributed by atoms with Crippen LogP contribution in [0.15, 0.2) is 0 Å². The van der Waals surface area contributed by atoms with Crippen LogP contribution in [0.3, 0.4) is 0 Å². The van der Waals surface area contributed by atoms with Gasteiger partial charge in [-0.15, -0.1) is 0 Å². The van der Waals surface area contributed by atoms with Crippen LogP contribution in [0.1, 0.15) is 32.6 Å². The molecule has 2 unspecified atom stereocenters. The zero-order valence-corrected chi connectivity index (χ0v) is 10.2. The van der Waals surface area contributed by atoms with Crippen molar-refractivity contribution in [1.29, 1.82) is 0 Å². The van der Waals surface area contributed by atoms with Crippen LogP contribution in [0.25, 0.3) is 0 Å². The third-order valence-corrected chi connectivity index (χ3v) is 4.06. The van der Waals surface area contributed by atoms with E-state index >= 15 is 0 Å². The van der Waals surface area contributed by atoms with E-state index in [0.717, 1.165) is 30.2 Å². The molecule has 1 aliphatic rings. The van der Waals surface area contributed by atoms with E-state index in [9.17, 15) is 0 Å². The van der Waals surface area contributed by atoms with E-state index in [4.69, 9.17) is 4.74 Å². The highest BCUT2D eigenvalue weighted by molar-refractivity contribution is 7.99. The Balaban J connectivity index is 2.12. The quantitative estimate of drug-likeness (QED) is 0.690. The Morgan fingerprint density at radius 1 is 1.43 bits per heavy atom. The highest BCUT2D eigenvalue weighted by Crippen LogP contribution is 2.28. The van der Waals surface area contributed by atoms with E-state index < -0.39 is 0 Å². The number of hydrogen-bond acceptors (Lipinski definition) is 3. The third kappa shape index (κ3) is 4.67. The van der Waals surface area contributed by atoms with Gasteiger partial charge in [-0.25, -0.2) is 0 Å². The fourth-order valence-electron chi connectivity index (χ4n) is 2.07. The van der Waals surface area contributed by atoms with Gasteiger partial charge in [-0.3, -0.25) is 0 Å². The molecule has 0 amide bonds. The molecule has 0 saturated heterocycles. The molecule has 14 heavy (non-hydrogen) atoms. The van der Waals surface area contributed by atoms with Crippen LogP contribution >= 0.6 is 11.8 Å². The van der Waals surface area contributed by atoms with Crippen molar-refractivity contribution in [3.63, 3.8) is 0 Å². The molecule has 0 bridgehead atoms. The van der Waals surface area contributed by atoms with Gasteiger partial charge in [0.2, 0.25) is 0 Å². The Hall–Kier alpha value is 0.270. The van der Waals surface area contributed by atoms with Gasteiger partial charge in [-0.1, -0.05) is 13.3 Å². The standard InChI is InChI=1S/C11H23NOS/c1-3-12-10-5-4-6-11(9-10)14-8-7-13-2/h10-12H,3-9H2,1-2H3. The van der Waals surface area contributed by atoms with Crippen molar-refractivity contribution in [3.8, 4) is 0 Å². The zero-order chi connectivity index (χ0) is 10.2. The van der Waals surface area contributed by atoms with Crippen molar-refractivity contribution < 1.29 is 4.74 Å². The van der Waals surface area contributed by atoms with Crippen LogP contribution in [-0.2, 0) is 4.74 Å². The molecule has 0 radical (unpaired) electrons. The second-order valence-electron chi connectivity index (χ2n) is 3.91. The molecule has 0 aromatic carbocycles. The van der Waals surface area contributed by atoms with Gasteiger partial charge >= 0.3 is 0 Å². The average molecular weight is 217 g/mol. The highest BCUT2D eigenvalue weighted by Gasteiger charge is 2.20. The molecule has 2 nitrogen and oxygen atoms in total. The Labute approximate surface area is 92.2 Å². The monoisotopic (exact) mass is 217 g/mol. The summed E-state index contributed by atoms with van der Waals surface area (Å²) in [5, 5.41) is 4.42. The summed E-state index contributed by atoms with van der Waals surface area (Å²) in [6.07, 6.45) is 5.51. The van der Waals surface area contributed by atoms with E-state index in [0.29, 0.717) is 0 Å². The maximum Gasteiger partial charge on any atom is 0.0553 e. The van der Waals surface area contributed by atoms with E-state index in [1.807, 2.05) is 0 Å². The molecule has 0 spiro atoms. The first kappa shape index (κ1) is 12.3. The lowest BCUT2D eigenvalue weighted by atomic mass is 9.95. The SMILES string of the molecule is CCNC1CCCC(SCCOC)C1. The largest absolute Gasteiger partial charge is 0.384 e. The lowest BCUT2D eigenvalue weighted by Gasteiger charge is -2.29. The summed E-state index contributed by atoms with van der Waals surface area (Å²) >= 11 is 2.09. The summed E-state index contributed by atoms with van der Waals surface area (Å²) < 4.78 is 5.07. The van der Waals surface area contributed by atoms with E-state index in [1.54, 1.807) is 7.11 Å². The molecule has 1 saturated carbocycles. The molecule has 3 heteroatoms. The Morgan fingerprint density at radius 2 is 2.29 bits per heavy atom. The van der Waals surface area contributed by atoms with Gasteiger partial charge in [0.05, 0.1) is 6.61 Å². The molecule has 0 aromatic rings. The summed E-state index contributed by atoms with van der Waals surface area (Å²) in [4.78, 5) is 0. The molecule has 1 fully saturated rings. The van der Waals surface area contributed by atoms with E-state index in [2.05, 4.69) is 24.0 Å². The second kappa shape index (κ2) is 7.55.